The van der Waals surface area contributed by atoms with Crippen LogP contribution in [0.2, 0.25) is 0 Å². The van der Waals surface area contributed by atoms with Gasteiger partial charge in [-0.15, -0.1) is 0 Å². The summed E-state index contributed by atoms with van der Waals surface area (Å²) < 4.78 is 62.9. The Morgan fingerprint density at radius 3 is 2.06 bits per heavy atom. The molecule has 2 aliphatic rings. The third-order valence-corrected chi connectivity index (χ3v) is 7.96. The molecule has 180 valence electrons. The highest BCUT2D eigenvalue weighted by Gasteiger charge is 2.36. The lowest BCUT2D eigenvalue weighted by molar-refractivity contribution is 0.113. The Balaban J connectivity index is 1.47. The molecule has 0 N–H and O–H groups in total. The van der Waals surface area contributed by atoms with E-state index in [1.54, 1.807) is 0 Å². The Morgan fingerprint density at radius 2 is 1.42 bits per heavy atom. The summed E-state index contributed by atoms with van der Waals surface area (Å²) in [5.41, 5.74) is 0.0876. The van der Waals surface area contributed by atoms with Crippen molar-refractivity contribution in [2.75, 3.05) is 7.11 Å². The standard InChI is InChI=1S/C28H34F4O/c1-3-4-5-6-17-7-8-19-12-20(10-9-18(19)11-17)21-13-23(29)27(24(30)14-21)22-15-25(31)28(33-2)26(32)16-22/h13-20H,3-12H2,1-2H3. The molecule has 2 fully saturated rings. The molecule has 0 saturated heterocycles. The van der Waals surface area contributed by atoms with E-state index in [0.29, 0.717) is 11.5 Å². The Morgan fingerprint density at radius 1 is 0.788 bits per heavy atom. The second-order valence-corrected chi connectivity index (χ2v) is 10.0. The molecule has 5 heteroatoms. The van der Waals surface area contributed by atoms with Gasteiger partial charge in [0.2, 0.25) is 0 Å². The highest BCUT2D eigenvalue weighted by atomic mass is 19.1. The van der Waals surface area contributed by atoms with E-state index in [2.05, 4.69) is 11.7 Å². The summed E-state index contributed by atoms with van der Waals surface area (Å²) in [6, 6.07) is 4.54. The number of hydrogen-bond donors (Lipinski definition) is 0. The predicted octanol–water partition coefficient (Wildman–Crippen LogP) is 8.80. The van der Waals surface area contributed by atoms with Gasteiger partial charge in [-0.05, 0) is 91.2 Å². The number of unbranched alkanes of at least 4 members (excludes halogenated alkanes) is 2. The first-order valence-electron chi connectivity index (χ1n) is 12.4. The van der Waals surface area contributed by atoms with Crippen LogP contribution in [0, 0.1) is 41.0 Å². The second-order valence-electron chi connectivity index (χ2n) is 10.0. The first kappa shape index (κ1) is 24.1. The minimum absolute atomic E-state index is 0.130. The molecule has 2 aromatic rings. The van der Waals surface area contributed by atoms with Crippen LogP contribution in [-0.2, 0) is 0 Å². The van der Waals surface area contributed by atoms with Crippen LogP contribution in [0.25, 0.3) is 11.1 Å². The Labute approximate surface area is 194 Å². The van der Waals surface area contributed by atoms with Gasteiger partial charge < -0.3 is 4.74 Å². The molecule has 0 heterocycles. The minimum atomic E-state index is -0.987. The van der Waals surface area contributed by atoms with Crippen molar-refractivity contribution in [1.29, 1.82) is 0 Å². The van der Waals surface area contributed by atoms with Gasteiger partial charge in [0.25, 0.3) is 0 Å². The SMILES string of the molecule is CCCCCC1CCC2CC(c3cc(F)c(-c4cc(F)c(OC)c(F)c4)c(F)c3)CCC2C1. The molecular formula is C28H34F4O. The monoisotopic (exact) mass is 462 g/mol. The summed E-state index contributed by atoms with van der Waals surface area (Å²) in [5, 5.41) is 0. The van der Waals surface area contributed by atoms with Crippen LogP contribution >= 0.6 is 0 Å². The van der Waals surface area contributed by atoms with Crippen molar-refractivity contribution in [3.8, 4) is 16.9 Å². The largest absolute Gasteiger partial charge is 0.491 e. The van der Waals surface area contributed by atoms with E-state index in [-0.39, 0.29) is 11.5 Å². The molecule has 33 heavy (non-hydrogen) atoms. The molecule has 1 nitrogen and oxygen atoms in total. The Kier molecular flexibility index (Phi) is 7.65. The zero-order chi connectivity index (χ0) is 23.5. The van der Waals surface area contributed by atoms with Crippen molar-refractivity contribution in [1.82, 2.24) is 0 Å². The lowest BCUT2D eigenvalue weighted by Gasteiger charge is -2.42. The molecule has 2 aromatic carbocycles. The maximum Gasteiger partial charge on any atom is 0.190 e. The molecule has 2 aliphatic carbocycles. The van der Waals surface area contributed by atoms with E-state index in [1.807, 2.05) is 0 Å². The Bertz CT molecular complexity index is 926. The molecule has 0 aromatic heterocycles. The van der Waals surface area contributed by atoms with Gasteiger partial charge in [-0.25, -0.2) is 17.6 Å². The topological polar surface area (TPSA) is 9.23 Å². The maximum absolute atomic E-state index is 15.0. The van der Waals surface area contributed by atoms with Gasteiger partial charge >= 0.3 is 0 Å². The fraction of sp³-hybridized carbons (Fsp3) is 0.571. The fourth-order valence-electron chi connectivity index (χ4n) is 6.24. The molecule has 4 rings (SSSR count). The smallest absolute Gasteiger partial charge is 0.190 e. The van der Waals surface area contributed by atoms with Gasteiger partial charge in [0.05, 0.1) is 12.7 Å². The Hall–Kier alpha value is -2.04. The normalized spacial score (nSPS) is 25.0. The summed E-state index contributed by atoms with van der Waals surface area (Å²) in [6.07, 6.45) is 12.0. The van der Waals surface area contributed by atoms with Crippen LogP contribution in [0.5, 0.6) is 5.75 Å². The first-order chi connectivity index (χ1) is 15.9. The third-order valence-electron chi connectivity index (χ3n) is 7.96. The molecular weight excluding hydrogens is 428 g/mol. The third kappa shape index (κ3) is 5.22. The van der Waals surface area contributed by atoms with E-state index >= 15 is 8.78 Å². The zero-order valence-electron chi connectivity index (χ0n) is 19.6. The second kappa shape index (κ2) is 10.5. The number of ether oxygens (including phenoxy) is 1. The number of methoxy groups -OCH3 is 1. The van der Waals surface area contributed by atoms with Gasteiger partial charge in [0, 0.05) is 0 Å². The van der Waals surface area contributed by atoms with Gasteiger partial charge in [-0.2, -0.15) is 0 Å². The van der Waals surface area contributed by atoms with E-state index in [4.69, 9.17) is 0 Å². The van der Waals surface area contributed by atoms with Gasteiger partial charge in [-0.1, -0.05) is 39.0 Å². The van der Waals surface area contributed by atoms with Crippen LogP contribution in [0.4, 0.5) is 17.6 Å². The summed E-state index contributed by atoms with van der Waals surface area (Å²) in [4.78, 5) is 0. The number of hydrogen-bond acceptors (Lipinski definition) is 1. The fourth-order valence-corrected chi connectivity index (χ4v) is 6.24. The highest BCUT2D eigenvalue weighted by molar-refractivity contribution is 5.66. The van der Waals surface area contributed by atoms with E-state index in [9.17, 15) is 8.78 Å². The van der Waals surface area contributed by atoms with Gasteiger partial charge in [0.1, 0.15) is 11.6 Å². The maximum atomic E-state index is 15.0. The van der Waals surface area contributed by atoms with Crippen molar-refractivity contribution in [2.45, 2.75) is 77.0 Å². The average molecular weight is 463 g/mol. The molecule has 0 amide bonds. The summed E-state index contributed by atoms with van der Waals surface area (Å²) in [6.45, 7) is 2.24. The zero-order valence-corrected chi connectivity index (χ0v) is 19.6. The molecule has 0 radical (unpaired) electrons. The van der Waals surface area contributed by atoms with Crippen LogP contribution < -0.4 is 4.74 Å². The molecule has 0 spiro atoms. The van der Waals surface area contributed by atoms with E-state index in [0.717, 1.165) is 50.3 Å². The quantitative estimate of drug-likeness (QED) is 0.295. The van der Waals surface area contributed by atoms with E-state index in [1.165, 1.54) is 57.1 Å². The van der Waals surface area contributed by atoms with Crippen molar-refractivity contribution in [3.63, 3.8) is 0 Å². The van der Waals surface area contributed by atoms with E-state index < -0.39 is 34.6 Å². The predicted molar refractivity (Wildman–Crippen MR) is 123 cm³/mol. The first-order valence-corrected chi connectivity index (χ1v) is 12.4. The van der Waals surface area contributed by atoms with Crippen LogP contribution in [-0.4, -0.2) is 7.11 Å². The summed E-state index contributed by atoms with van der Waals surface area (Å²) in [7, 11) is 1.14. The van der Waals surface area contributed by atoms with Crippen molar-refractivity contribution < 1.29 is 22.3 Å². The molecule has 4 unspecified atom stereocenters. The number of halogens is 4. The van der Waals surface area contributed by atoms with Crippen LogP contribution in [0.1, 0.15) is 82.6 Å². The lowest BCUT2D eigenvalue weighted by atomic mass is 9.63. The van der Waals surface area contributed by atoms with Crippen LogP contribution in [0.15, 0.2) is 24.3 Å². The van der Waals surface area contributed by atoms with Crippen molar-refractivity contribution in [3.05, 3.63) is 53.1 Å². The molecule has 0 bridgehead atoms. The van der Waals surface area contributed by atoms with Gasteiger partial charge in [0.15, 0.2) is 17.4 Å². The van der Waals surface area contributed by atoms with Gasteiger partial charge in [-0.3, -0.25) is 0 Å². The molecule has 2 saturated carbocycles. The molecule has 4 atom stereocenters. The summed E-state index contributed by atoms with van der Waals surface area (Å²) >= 11 is 0. The number of rotatable bonds is 7. The summed E-state index contributed by atoms with van der Waals surface area (Å²) in [5.74, 6) is -1.76. The van der Waals surface area contributed by atoms with Crippen molar-refractivity contribution >= 4 is 0 Å². The number of fused-ring (bicyclic) bond motifs is 1. The highest BCUT2D eigenvalue weighted by Crippen LogP contribution is 2.49. The average Bonchev–Trinajstić information content (AvgIpc) is 2.78. The molecule has 0 aliphatic heterocycles. The minimum Gasteiger partial charge on any atom is -0.491 e. The lowest BCUT2D eigenvalue weighted by Crippen LogP contribution is -2.30. The van der Waals surface area contributed by atoms with Crippen molar-refractivity contribution in [2.24, 2.45) is 17.8 Å². The number of benzene rings is 2. The van der Waals surface area contributed by atoms with Crippen LogP contribution in [0.3, 0.4) is 0 Å².